The van der Waals surface area contributed by atoms with Gasteiger partial charge in [-0.25, -0.2) is 4.98 Å². The van der Waals surface area contributed by atoms with Crippen LogP contribution < -0.4 is 0 Å². The van der Waals surface area contributed by atoms with E-state index in [0.717, 1.165) is 23.6 Å². The number of hydrogen-bond acceptors (Lipinski definition) is 3. The van der Waals surface area contributed by atoms with Crippen LogP contribution in [0.15, 0.2) is 52.6 Å². The highest BCUT2D eigenvalue weighted by atomic mass is 32.2. The van der Waals surface area contributed by atoms with Crippen molar-refractivity contribution in [2.45, 2.75) is 29.7 Å². The third-order valence-electron chi connectivity index (χ3n) is 2.18. The zero-order valence-corrected chi connectivity index (χ0v) is 10.1. The van der Waals surface area contributed by atoms with Gasteiger partial charge in [-0.3, -0.25) is 4.98 Å². The molecule has 16 heavy (non-hydrogen) atoms. The third kappa shape index (κ3) is 2.83. The monoisotopic (exact) mass is 230 g/mol. The fourth-order valence-electron chi connectivity index (χ4n) is 1.45. The zero-order valence-electron chi connectivity index (χ0n) is 9.26. The predicted octanol–water partition coefficient (Wildman–Crippen LogP) is 3.58. The Morgan fingerprint density at radius 1 is 1.06 bits per heavy atom. The minimum Gasteiger partial charge on any atom is -0.257 e. The first-order chi connectivity index (χ1) is 7.90. The summed E-state index contributed by atoms with van der Waals surface area (Å²) in [6.07, 6.45) is 5.61. The molecule has 0 saturated carbocycles. The topological polar surface area (TPSA) is 25.8 Å². The van der Waals surface area contributed by atoms with E-state index in [1.165, 1.54) is 4.90 Å². The number of aromatic nitrogens is 2. The fourth-order valence-corrected chi connectivity index (χ4v) is 2.35. The van der Waals surface area contributed by atoms with Crippen LogP contribution in [0.25, 0.3) is 0 Å². The second kappa shape index (κ2) is 5.66. The van der Waals surface area contributed by atoms with Gasteiger partial charge in [0, 0.05) is 17.3 Å². The minimum atomic E-state index is 0.989. The van der Waals surface area contributed by atoms with Crippen molar-refractivity contribution in [1.82, 2.24) is 9.97 Å². The van der Waals surface area contributed by atoms with E-state index in [0.29, 0.717) is 0 Å². The second-order valence-electron chi connectivity index (χ2n) is 3.47. The van der Waals surface area contributed by atoms with Crippen LogP contribution in [0.1, 0.15) is 19.0 Å². The van der Waals surface area contributed by atoms with Crippen molar-refractivity contribution in [2.24, 2.45) is 0 Å². The molecule has 0 amide bonds. The molecule has 1 aromatic heterocycles. The first kappa shape index (κ1) is 11.1. The van der Waals surface area contributed by atoms with Crippen LogP contribution >= 0.6 is 11.8 Å². The lowest BCUT2D eigenvalue weighted by Crippen LogP contribution is -1.94. The Morgan fingerprint density at radius 2 is 1.81 bits per heavy atom. The normalized spacial score (nSPS) is 10.3. The standard InChI is InChI=1S/C13H14N2S/c1-2-6-12-13(15-10-9-14-12)16-11-7-4-3-5-8-11/h3-5,7-10H,2,6H2,1H3. The lowest BCUT2D eigenvalue weighted by atomic mass is 10.3. The Kier molecular flexibility index (Phi) is 3.94. The highest BCUT2D eigenvalue weighted by Crippen LogP contribution is 2.27. The molecule has 0 saturated heterocycles. The fraction of sp³-hybridized carbons (Fsp3) is 0.231. The Morgan fingerprint density at radius 3 is 2.56 bits per heavy atom. The van der Waals surface area contributed by atoms with E-state index in [1.807, 2.05) is 18.2 Å². The van der Waals surface area contributed by atoms with E-state index >= 15 is 0 Å². The molecule has 0 aliphatic rings. The molecule has 0 atom stereocenters. The molecule has 1 aromatic carbocycles. The molecule has 0 radical (unpaired) electrons. The lowest BCUT2D eigenvalue weighted by molar-refractivity contribution is 0.825. The average Bonchev–Trinajstić information content (AvgIpc) is 2.33. The maximum Gasteiger partial charge on any atom is 0.122 e. The van der Waals surface area contributed by atoms with Gasteiger partial charge in [0.1, 0.15) is 5.03 Å². The highest BCUT2D eigenvalue weighted by molar-refractivity contribution is 7.99. The summed E-state index contributed by atoms with van der Waals surface area (Å²) in [5, 5.41) is 1.02. The van der Waals surface area contributed by atoms with E-state index in [1.54, 1.807) is 24.2 Å². The van der Waals surface area contributed by atoms with Crippen molar-refractivity contribution in [3.63, 3.8) is 0 Å². The average molecular weight is 230 g/mol. The maximum absolute atomic E-state index is 4.39. The lowest BCUT2D eigenvalue weighted by Gasteiger charge is -2.05. The second-order valence-corrected chi connectivity index (χ2v) is 4.54. The molecule has 0 fully saturated rings. The molecule has 1 heterocycles. The summed E-state index contributed by atoms with van der Waals surface area (Å²) >= 11 is 1.68. The van der Waals surface area contributed by atoms with Gasteiger partial charge in [-0.15, -0.1) is 0 Å². The number of rotatable bonds is 4. The van der Waals surface area contributed by atoms with Crippen molar-refractivity contribution in [1.29, 1.82) is 0 Å². The van der Waals surface area contributed by atoms with Gasteiger partial charge in [0.25, 0.3) is 0 Å². The number of hydrogen-bond donors (Lipinski definition) is 0. The Labute approximate surface area is 100 Å². The van der Waals surface area contributed by atoms with Gasteiger partial charge in [-0.1, -0.05) is 43.3 Å². The Balaban J connectivity index is 2.21. The van der Waals surface area contributed by atoms with Gasteiger partial charge in [-0.2, -0.15) is 0 Å². The van der Waals surface area contributed by atoms with Gasteiger partial charge in [0.15, 0.2) is 0 Å². The zero-order chi connectivity index (χ0) is 11.2. The van der Waals surface area contributed by atoms with E-state index in [4.69, 9.17) is 0 Å². The number of aryl methyl sites for hydroxylation is 1. The number of nitrogens with zero attached hydrogens (tertiary/aromatic N) is 2. The van der Waals surface area contributed by atoms with Gasteiger partial charge in [-0.05, 0) is 18.6 Å². The van der Waals surface area contributed by atoms with Crippen LogP contribution in [0, 0.1) is 0 Å². The van der Waals surface area contributed by atoms with Crippen LogP contribution in [-0.2, 0) is 6.42 Å². The van der Waals surface area contributed by atoms with Crippen LogP contribution in [0.2, 0.25) is 0 Å². The molecule has 0 spiro atoms. The summed E-state index contributed by atoms with van der Waals surface area (Å²) in [5.41, 5.74) is 1.10. The van der Waals surface area contributed by atoms with Gasteiger partial charge in [0.05, 0.1) is 5.69 Å². The summed E-state index contributed by atoms with van der Waals surface area (Å²) in [6, 6.07) is 10.3. The Hall–Kier alpha value is -1.35. The molecule has 82 valence electrons. The van der Waals surface area contributed by atoms with Crippen molar-refractivity contribution in [2.75, 3.05) is 0 Å². The predicted molar refractivity (Wildman–Crippen MR) is 66.6 cm³/mol. The molecule has 2 nitrogen and oxygen atoms in total. The van der Waals surface area contributed by atoms with Crippen molar-refractivity contribution < 1.29 is 0 Å². The highest BCUT2D eigenvalue weighted by Gasteiger charge is 2.05. The third-order valence-corrected chi connectivity index (χ3v) is 3.22. The van der Waals surface area contributed by atoms with Gasteiger partial charge in [0.2, 0.25) is 0 Å². The summed E-state index contributed by atoms with van der Waals surface area (Å²) in [7, 11) is 0. The van der Waals surface area contributed by atoms with Gasteiger partial charge < -0.3 is 0 Å². The summed E-state index contributed by atoms with van der Waals surface area (Å²) < 4.78 is 0. The van der Waals surface area contributed by atoms with Crippen LogP contribution in [0.3, 0.4) is 0 Å². The van der Waals surface area contributed by atoms with Gasteiger partial charge >= 0.3 is 0 Å². The molecule has 0 bridgehead atoms. The maximum atomic E-state index is 4.39. The SMILES string of the molecule is CCCc1nccnc1Sc1ccccc1. The molecule has 0 unspecified atom stereocenters. The van der Waals surface area contributed by atoms with Crippen LogP contribution in [-0.4, -0.2) is 9.97 Å². The summed E-state index contributed by atoms with van der Waals surface area (Å²) in [4.78, 5) is 9.98. The van der Waals surface area contributed by atoms with Crippen LogP contribution in [0.4, 0.5) is 0 Å². The molecule has 2 rings (SSSR count). The van der Waals surface area contributed by atoms with E-state index in [2.05, 4.69) is 29.0 Å². The van der Waals surface area contributed by atoms with Crippen molar-refractivity contribution in [3.8, 4) is 0 Å². The molecular weight excluding hydrogens is 216 g/mol. The minimum absolute atomic E-state index is 0.989. The largest absolute Gasteiger partial charge is 0.257 e. The van der Waals surface area contributed by atoms with E-state index in [-0.39, 0.29) is 0 Å². The van der Waals surface area contributed by atoms with Crippen molar-refractivity contribution in [3.05, 3.63) is 48.4 Å². The van der Waals surface area contributed by atoms with Crippen LogP contribution in [0.5, 0.6) is 0 Å². The number of benzene rings is 1. The van der Waals surface area contributed by atoms with E-state index < -0.39 is 0 Å². The van der Waals surface area contributed by atoms with Crippen molar-refractivity contribution >= 4 is 11.8 Å². The molecule has 0 aliphatic carbocycles. The summed E-state index contributed by atoms with van der Waals surface area (Å²) in [5.74, 6) is 0. The first-order valence-corrected chi connectivity index (χ1v) is 6.24. The summed E-state index contributed by atoms with van der Waals surface area (Å²) in [6.45, 7) is 2.16. The first-order valence-electron chi connectivity index (χ1n) is 5.43. The molecular formula is C13H14N2S. The van der Waals surface area contributed by atoms with E-state index in [9.17, 15) is 0 Å². The molecule has 0 aliphatic heterocycles. The molecule has 2 aromatic rings. The Bertz CT molecular complexity index is 443. The quantitative estimate of drug-likeness (QED) is 0.803. The molecule has 3 heteroatoms. The smallest absolute Gasteiger partial charge is 0.122 e. The molecule has 0 N–H and O–H groups in total.